The molecule has 2 aliphatic heterocycles. The molecule has 1 aromatic carbocycles. The lowest BCUT2D eigenvalue weighted by atomic mass is 9.92. The van der Waals surface area contributed by atoms with Crippen molar-refractivity contribution in [3.05, 3.63) is 52.0 Å². The molecule has 2 aromatic rings. The van der Waals surface area contributed by atoms with Crippen LogP contribution in [0.4, 0.5) is 0 Å². The minimum Gasteiger partial charge on any atom is -0.480 e. The number of thiol groups is 1. The zero-order valence-corrected chi connectivity index (χ0v) is 37.9. The Morgan fingerprint density at radius 3 is 2.43 bits per heavy atom. The van der Waals surface area contributed by atoms with E-state index >= 15 is 0 Å². The first-order chi connectivity index (χ1) is 28.9. The standard InChI is InChI=1S/C43H62N6O10S2/c1-8-26(4)36(47-39(55)31-17-12-13-19-49(31)34(51)18-14-20-60)41(56)48(7)32(25(2)3)22-33(58-27(5)50)40-46-30(24-61-40)38(54)45-29(21-28-15-10-9-11-16-28)37-43(6,59-37)42(57)44-23-35(52)53/h9-11,15-16,24-26,29,31-33,36-37,60H,8,12-14,17-23H2,1-7H3,(H,44,57)(H,45,54)(H,47,55)(H,52,53)/t26-,29-,31+,32+,33+,36-,37?,43?/m0/s1. The normalized spacial score (nSPS) is 21.0. The van der Waals surface area contributed by atoms with Gasteiger partial charge in [0.2, 0.25) is 17.7 Å². The molecule has 16 nitrogen and oxygen atoms in total. The van der Waals surface area contributed by atoms with Gasteiger partial charge < -0.3 is 40.3 Å². The maximum Gasteiger partial charge on any atom is 0.322 e. The minimum atomic E-state index is -1.37. The lowest BCUT2D eigenvalue weighted by Gasteiger charge is -2.39. The number of rotatable bonds is 22. The molecule has 4 rings (SSSR count). The molecule has 0 aliphatic carbocycles. The summed E-state index contributed by atoms with van der Waals surface area (Å²) in [6, 6.07) is 6.55. The third-order valence-electron chi connectivity index (χ3n) is 11.5. The second-order valence-corrected chi connectivity index (χ2v) is 17.8. The fourth-order valence-corrected chi connectivity index (χ4v) is 8.78. The van der Waals surface area contributed by atoms with Crippen LogP contribution >= 0.6 is 24.0 Å². The fraction of sp³-hybridized carbons (Fsp3) is 0.628. The highest BCUT2D eigenvalue weighted by Crippen LogP contribution is 2.40. The highest BCUT2D eigenvalue weighted by Gasteiger charge is 2.62. The predicted octanol–water partition coefficient (Wildman–Crippen LogP) is 3.94. The Bertz CT molecular complexity index is 1860. The van der Waals surface area contributed by atoms with Gasteiger partial charge in [-0.2, -0.15) is 12.6 Å². The summed E-state index contributed by atoms with van der Waals surface area (Å²) in [5, 5.41) is 19.2. The molecule has 0 radical (unpaired) electrons. The number of carboxylic acids is 1. The SMILES string of the molecule is CC[C@H](C)[C@H](NC(=O)[C@H]1CCCCN1C(=O)CCCS)C(=O)N(C)[C@H](C[C@@H](OC(C)=O)c1nc(C(=O)N[C@@H](Cc2ccccc2)C2OC2(C)C(=O)NCC(=O)O)cs1)C(C)C. The molecule has 2 aliphatic rings. The Morgan fingerprint density at radius 1 is 1.10 bits per heavy atom. The summed E-state index contributed by atoms with van der Waals surface area (Å²) in [7, 11) is 1.66. The number of nitrogens with zero attached hydrogens (tertiary/aromatic N) is 3. The average molecular weight is 887 g/mol. The maximum absolute atomic E-state index is 14.4. The third kappa shape index (κ3) is 13.2. The number of likely N-dealkylation sites (tertiary alicyclic amines) is 1. The summed E-state index contributed by atoms with van der Waals surface area (Å²) in [6.45, 7) is 10.4. The minimum absolute atomic E-state index is 0.0406. The van der Waals surface area contributed by atoms with Crippen LogP contribution in [0.2, 0.25) is 0 Å². The van der Waals surface area contributed by atoms with Crippen molar-refractivity contribution in [3.63, 3.8) is 0 Å². The zero-order valence-electron chi connectivity index (χ0n) is 36.2. The van der Waals surface area contributed by atoms with E-state index in [9.17, 15) is 33.6 Å². The van der Waals surface area contributed by atoms with Gasteiger partial charge in [-0.1, -0.05) is 64.4 Å². The van der Waals surface area contributed by atoms with E-state index in [4.69, 9.17) is 14.6 Å². The van der Waals surface area contributed by atoms with Gasteiger partial charge in [-0.15, -0.1) is 11.3 Å². The first-order valence-electron chi connectivity index (χ1n) is 21.0. The Labute approximate surface area is 367 Å². The van der Waals surface area contributed by atoms with Crippen LogP contribution in [0.5, 0.6) is 0 Å². The van der Waals surface area contributed by atoms with Gasteiger partial charge in [-0.25, -0.2) is 4.98 Å². The number of epoxide rings is 1. The first kappa shape index (κ1) is 49.1. The van der Waals surface area contributed by atoms with E-state index in [0.29, 0.717) is 49.4 Å². The van der Waals surface area contributed by atoms with Crippen molar-refractivity contribution in [1.82, 2.24) is 30.7 Å². The summed E-state index contributed by atoms with van der Waals surface area (Å²) in [6.07, 6.45) is 2.35. The van der Waals surface area contributed by atoms with E-state index in [1.54, 1.807) is 22.2 Å². The molecule has 61 heavy (non-hydrogen) atoms. The molecule has 0 saturated carbocycles. The van der Waals surface area contributed by atoms with Crippen molar-refractivity contribution in [1.29, 1.82) is 0 Å². The number of likely N-dealkylation sites (N-methyl/N-ethyl adjacent to an activating group) is 1. The van der Waals surface area contributed by atoms with E-state index in [1.165, 1.54) is 13.8 Å². The molecule has 2 unspecified atom stereocenters. The van der Waals surface area contributed by atoms with Crippen LogP contribution in [0.25, 0.3) is 0 Å². The number of carbonyl (C=O) groups excluding carboxylic acids is 6. The van der Waals surface area contributed by atoms with Crippen molar-refractivity contribution >= 4 is 65.4 Å². The number of hydrogen-bond donors (Lipinski definition) is 5. The molecule has 336 valence electrons. The summed E-state index contributed by atoms with van der Waals surface area (Å²) in [5.74, 6) is -3.55. The summed E-state index contributed by atoms with van der Waals surface area (Å²) in [5.41, 5.74) is -0.466. The number of benzene rings is 1. The zero-order chi connectivity index (χ0) is 45.0. The lowest BCUT2D eigenvalue weighted by molar-refractivity contribution is -0.149. The van der Waals surface area contributed by atoms with Gasteiger partial charge in [-0.3, -0.25) is 33.6 Å². The number of carboxylic acid groups (broad SMARTS) is 1. The molecule has 0 bridgehead atoms. The molecule has 18 heteroatoms. The number of amides is 5. The van der Waals surface area contributed by atoms with Crippen molar-refractivity contribution in [3.8, 4) is 0 Å². The molecular weight excluding hydrogens is 825 g/mol. The topological polar surface area (TPSA) is 217 Å². The maximum atomic E-state index is 14.4. The first-order valence-corrected chi connectivity index (χ1v) is 22.6. The van der Waals surface area contributed by atoms with Gasteiger partial charge in [0, 0.05) is 44.8 Å². The third-order valence-corrected chi connectivity index (χ3v) is 12.8. The molecular formula is C43H62N6O10S2. The Morgan fingerprint density at radius 2 is 1.80 bits per heavy atom. The number of aliphatic carboxylic acids is 1. The summed E-state index contributed by atoms with van der Waals surface area (Å²) < 4.78 is 11.6. The van der Waals surface area contributed by atoms with Gasteiger partial charge in [0.1, 0.15) is 35.4 Å². The van der Waals surface area contributed by atoms with E-state index < -0.39 is 72.3 Å². The van der Waals surface area contributed by atoms with Crippen LogP contribution in [-0.2, 0) is 44.7 Å². The largest absolute Gasteiger partial charge is 0.480 e. The van der Waals surface area contributed by atoms with Crippen molar-refractivity contribution in [2.45, 2.75) is 135 Å². The second kappa shape index (κ2) is 22.5. The monoisotopic (exact) mass is 886 g/mol. The van der Waals surface area contributed by atoms with Crippen LogP contribution in [0.3, 0.4) is 0 Å². The number of nitrogens with one attached hydrogen (secondary N) is 3. The number of esters is 1. The van der Waals surface area contributed by atoms with Gasteiger partial charge in [0.05, 0.1) is 6.04 Å². The predicted molar refractivity (Wildman–Crippen MR) is 232 cm³/mol. The van der Waals surface area contributed by atoms with Crippen LogP contribution in [0.1, 0.15) is 114 Å². The van der Waals surface area contributed by atoms with Gasteiger partial charge in [0.25, 0.3) is 11.8 Å². The highest BCUT2D eigenvalue weighted by molar-refractivity contribution is 7.80. The number of ether oxygens (including phenoxy) is 2. The van der Waals surface area contributed by atoms with Gasteiger partial charge in [0.15, 0.2) is 11.7 Å². The van der Waals surface area contributed by atoms with Crippen LogP contribution in [-0.4, -0.2) is 123 Å². The second-order valence-electron chi connectivity index (χ2n) is 16.5. The fourth-order valence-electron chi connectivity index (χ4n) is 7.78. The average Bonchev–Trinajstić information content (AvgIpc) is 3.68. The van der Waals surface area contributed by atoms with Crippen molar-refractivity contribution in [2.24, 2.45) is 11.8 Å². The molecule has 5 amide bonds. The van der Waals surface area contributed by atoms with E-state index in [0.717, 1.165) is 29.7 Å². The Hall–Kier alpha value is -4.55. The van der Waals surface area contributed by atoms with E-state index in [2.05, 4.69) is 33.6 Å². The quantitative estimate of drug-likeness (QED) is 0.0649. The van der Waals surface area contributed by atoms with Crippen LogP contribution in [0, 0.1) is 11.8 Å². The highest BCUT2D eigenvalue weighted by atomic mass is 32.1. The molecule has 3 heterocycles. The number of piperidine rings is 1. The number of thiazole rings is 1. The summed E-state index contributed by atoms with van der Waals surface area (Å²) in [4.78, 5) is 99.5. The summed E-state index contributed by atoms with van der Waals surface area (Å²) >= 11 is 5.35. The molecule has 2 fully saturated rings. The smallest absolute Gasteiger partial charge is 0.322 e. The van der Waals surface area contributed by atoms with Crippen molar-refractivity contribution < 1.29 is 48.1 Å². The van der Waals surface area contributed by atoms with Crippen LogP contribution in [0.15, 0.2) is 35.7 Å². The van der Waals surface area contributed by atoms with E-state index in [-0.39, 0.29) is 41.7 Å². The van der Waals surface area contributed by atoms with E-state index in [1.807, 2.05) is 58.0 Å². The van der Waals surface area contributed by atoms with Crippen molar-refractivity contribution in [2.75, 3.05) is 25.9 Å². The molecule has 4 N–H and O–H groups in total. The molecule has 0 spiro atoms. The van der Waals surface area contributed by atoms with Crippen LogP contribution < -0.4 is 16.0 Å². The lowest BCUT2D eigenvalue weighted by Crippen LogP contribution is -2.59. The Balaban J connectivity index is 1.52. The number of aromatic nitrogens is 1. The number of hydrogen-bond acceptors (Lipinski definition) is 12. The van der Waals surface area contributed by atoms with Gasteiger partial charge in [-0.05, 0) is 62.2 Å². The number of carbonyl (C=O) groups is 7. The molecule has 2 saturated heterocycles. The Kier molecular flexibility index (Phi) is 18.1. The molecule has 8 atom stereocenters. The van der Waals surface area contributed by atoms with Gasteiger partial charge >= 0.3 is 11.9 Å². The molecule has 1 aromatic heterocycles.